The summed E-state index contributed by atoms with van der Waals surface area (Å²) in [4.78, 5) is 11.2. The Labute approximate surface area is 378 Å². The third kappa shape index (κ3) is 7.12. The molecular weight excluding hydrogens is 779 g/mol. The summed E-state index contributed by atoms with van der Waals surface area (Å²) in [6.07, 6.45) is 1.74. The lowest BCUT2D eigenvalue weighted by Crippen LogP contribution is -2.11. The van der Waals surface area contributed by atoms with Gasteiger partial charge in [0.25, 0.3) is 0 Å². The second-order valence-electron chi connectivity index (χ2n) is 19.6. The molecule has 2 heterocycles. The van der Waals surface area contributed by atoms with Gasteiger partial charge in [-0.05, 0) is 128 Å². The van der Waals surface area contributed by atoms with Crippen LogP contribution in [-0.2, 0) is 23.7 Å². The highest BCUT2D eigenvalue weighted by Gasteiger charge is 2.28. The van der Waals surface area contributed by atoms with Gasteiger partial charge in [0.05, 0.1) is 22.4 Å². The molecule has 0 radical (unpaired) electrons. The topological polar surface area (TPSA) is 50.9 Å². The van der Waals surface area contributed by atoms with E-state index in [1.807, 2.05) is 6.07 Å². The Morgan fingerprint density at radius 1 is 0.484 bits per heavy atom. The van der Waals surface area contributed by atoms with E-state index in [1.54, 1.807) is 6.07 Å². The first-order chi connectivity index (χ1) is 30.8. The van der Waals surface area contributed by atoms with E-state index in [0.29, 0.717) is 0 Å². The number of pyridine rings is 1. The van der Waals surface area contributed by atoms with Crippen LogP contribution in [-0.4, -0.2) is 19.6 Å². The fourth-order valence-electron chi connectivity index (χ4n) is 9.80. The van der Waals surface area contributed by atoms with E-state index in [9.17, 15) is 5.11 Å². The molecule has 0 atom stereocenters. The number of imidazole rings is 1. The summed E-state index contributed by atoms with van der Waals surface area (Å²) in [5.41, 5.74) is 21.6. The molecule has 4 heteroatoms. The summed E-state index contributed by atoms with van der Waals surface area (Å²) in [7, 11) is 0. The largest absolute Gasteiger partial charge is 0.507 e. The van der Waals surface area contributed by atoms with Crippen LogP contribution in [0.5, 0.6) is 5.75 Å². The molecule has 1 aliphatic rings. The molecule has 0 bridgehead atoms. The predicted molar refractivity (Wildman–Crippen MR) is 267 cm³/mol. The van der Waals surface area contributed by atoms with Gasteiger partial charge in [0.15, 0.2) is 5.82 Å². The SMILES string of the molecule is Cc1cccc(C)c1-n1c(-c2ccc3c(n2)-c2c(O)cccc2CC3)nc2c(-c3ccccc3)c(-c3c(-c4cccc(C(C)(C)C)c4)cccc3-c3cccc(C(C)(C)C)c3)ccc21. The van der Waals surface area contributed by atoms with Crippen molar-refractivity contribution in [1.29, 1.82) is 0 Å². The van der Waals surface area contributed by atoms with Gasteiger partial charge in [0.1, 0.15) is 11.4 Å². The number of aryl methyl sites for hydroxylation is 4. The Kier molecular flexibility index (Phi) is 10.0. The van der Waals surface area contributed by atoms with Crippen molar-refractivity contribution in [2.45, 2.75) is 79.1 Å². The lowest BCUT2D eigenvalue weighted by molar-refractivity contribution is 0.476. The fraction of sp³-hybridized carbons (Fsp3) is 0.200. The van der Waals surface area contributed by atoms with E-state index >= 15 is 0 Å². The molecule has 0 saturated carbocycles. The number of hydrogen-bond donors (Lipinski definition) is 1. The van der Waals surface area contributed by atoms with E-state index in [2.05, 4.69) is 206 Å². The summed E-state index contributed by atoms with van der Waals surface area (Å²) in [6, 6.07) is 57.0. The lowest BCUT2D eigenvalue weighted by Gasteiger charge is -2.24. The molecule has 0 fully saturated rings. The smallest absolute Gasteiger partial charge is 0.164 e. The molecule has 9 aromatic rings. The van der Waals surface area contributed by atoms with Crippen LogP contribution in [0.1, 0.15) is 74.9 Å². The van der Waals surface area contributed by atoms with Crippen molar-refractivity contribution in [2.75, 3.05) is 0 Å². The van der Waals surface area contributed by atoms with Gasteiger partial charge >= 0.3 is 0 Å². The van der Waals surface area contributed by atoms with E-state index in [-0.39, 0.29) is 16.6 Å². The van der Waals surface area contributed by atoms with E-state index in [0.717, 1.165) is 91.3 Å². The maximum atomic E-state index is 11.2. The zero-order valence-corrected chi connectivity index (χ0v) is 38.2. The van der Waals surface area contributed by atoms with Crippen molar-refractivity contribution in [3.8, 4) is 78.7 Å². The average Bonchev–Trinajstić information content (AvgIpc) is 3.67. The Balaban J connectivity index is 1.33. The normalized spacial score (nSPS) is 12.6. The van der Waals surface area contributed by atoms with E-state index in [4.69, 9.17) is 9.97 Å². The van der Waals surface area contributed by atoms with Gasteiger partial charge in [-0.15, -0.1) is 0 Å². The highest BCUT2D eigenvalue weighted by atomic mass is 16.3. The maximum Gasteiger partial charge on any atom is 0.164 e. The standard InChI is InChI=1S/C60H55N3O/c1-37-17-12-18-38(2)57(37)63-50-34-32-48(54-46(42-22-13-24-44(35-42)59(3,4)5)26-16-27-47(54)43-23-14-25-45(36-43)60(6,7)8)52(39-19-10-9-11-20-39)56(50)62-58(63)49-33-31-41-30-29-40-21-15-28-51(64)53(40)55(41)61-49/h9-28,31-36,64H,29-30H2,1-8H3. The van der Waals surface area contributed by atoms with E-state index < -0.39 is 0 Å². The maximum absolute atomic E-state index is 11.2. The number of hydrogen-bond acceptors (Lipinski definition) is 3. The quantitative estimate of drug-likeness (QED) is 0.182. The Bertz CT molecular complexity index is 3170. The minimum absolute atomic E-state index is 0.0224. The number of rotatable bonds is 6. The molecule has 10 rings (SSSR count). The molecule has 64 heavy (non-hydrogen) atoms. The van der Waals surface area contributed by atoms with Crippen LogP contribution in [0.3, 0.4) is 0 Å². The highest BCUT2D eigenvalue weighted by Crippen LogP contribution is 2.49. The van der Waals surface area contributed by atoms with Crippen molar-refractivity contribution < 1.29 is 5.11 Å². The van der Waals surface area contributed by atoms with Crippen LogP contribution in [0, 0.1) is 13.8 Å². The Hall–Kier alpha value is -7.04. The van der Waals surface area contributed by atoms with Gasteiger partial charge in [0.2, 0.25) is 0 Å². The first-order valence-corrected chi connectivity index (χ1v) is 22.6. The van der Waals surface area contributed by atoms with Gasteiger partial charge in [0, 0.05) is 11.1 Å². The summed E-state index contributed by atoms with van der Waals surface area (Å²) < 4.78 is 2.33. The van der Waals surface area contributed by atoms with Crippen molar-refractivity contribution in [1.82, 2.24) is 14.5 Å². The van der Waals surface area contributed by atoms with Gasteiger partial charge in [-0.1, -0.05) is 181 Å². The van der Waals surface area contributed by atoms with E-state index in [1.165, 1.54) is 38.9 Å². The summed E-state index contributed by atoms with van der Waals surface area (Å²) in [5, 5.41) is 11.2. The Morgan fingerprint density at radius 2 is 1.06 bits per heavy atom. The van der Waals surface area contributed by atoms with Gasteiger partial charge < -0.3 is 5.11 Å². The number of para-hydroxylation sites is 1. The minimum Gasteiger partial charge on any atom is -0.507 e. The van der Waals surface area contributed by atoms with Crippen LogP contribution in [0.4, 0.5) is 0 Å². The van der Waals surface area contributed by atoms with Gasteiger partial charge in [-0.25, -0.2) is 9.97 Å². The van der Waals surface area contributed by atoms with Crippen LogP contribution >= 0.6 is 0 Å². The molecule has 0 unspecified atom stereocenters. The molecule has 4 nitrogen and oxygen atoms in total. The first-order valence-electron chi connectivity index (χ1n) is 22.6. The van der Waals surface area contributed by atoms with Crippen molar-refractivity contribution in [3.63, 3.8) is 0 Å². The van der Waals surface area contributed by atoms with Crippen molar-refractivity contribution in [3.05, 3.63) is 191 Å². The van der Waals surface area contributed by atoms with Crippen molar-refractivity contribution >= 4 is 11.0 Å². The lowest BCUT2D eigenvalue weighted by atomic mass is 9.80. The summed E-state index contributed by atoms with van der Waals surface area (Å²) in [6.45, 7) is 18.1. The number of phenols is 1. The number of nitrogens with zero attached hydrogens (tertiary/aromatic N) is 3. The molecule has 7 aromatic carbocycles. The first kappa shape index (κ1) is 41.0. The van der Waals surface area contributed by atoms with Crippen LogP contribution in [0.15, 0.2) is 158 Å². The molecule has 0 amide bonds. The van der Waals surface area contributed by atoms with Crippen LogP contribution in [0.2, 0.25) is 0 Å². The molecule has 2 aromatic heterocycles. The predicted octanol–water partition coefficient (Wildman–Crippen LogP) is 15.4. The fourth-order valence-corrected chi connectivity index (χ4v) is 9.80. The van der Waals surface area contributed by atoms with Gasteiger partial charge in [-0.2, -0.15) is 0 Å². The molecule has 0 spiro atoms. The number of aromatic nitrogens is 3. The summed E-state index contributed by atoms with van der Waals surface area (Å²) >= 11 is 0. The second kappa shape index (κ2) is 15.6. The molecule has 1 aliphatic carbocycles. The third-order valence-electron chi connectivity index (χ3n) is 13.2. The Morgan fingerprint density at radius 3 is 1.70 bits per heavy atom. The van der Waals surface area contributed by atoms with Crippen LogP contribution in [0.25, 0.3) is 84.0 Å². The monoisotopic (exact) mass is 833 g/mol. The number of benzene rings is 7. The summed E-state index contributed by atoms with van der Waals surface area (Å²) in [5.74, 6) is 1.02. The minimum atomic E-state index is -0.0224. The molecule has 1 N–H and O–H groups in total. The molecule has 0 saturated heterocycles. The average molecular weight is 834 g/mol. The zero-order chi connectivity index (χ0) is 44.5. The van der Waals surface area contributed by atoms with Crippen LogP contribution < -0.4 is 0 Å². The third-order valence-corrected chi connectivity index (χ3v) is 13.2. The number of fused-ring (bicyclic) bond motifs is 4. The van der Waals surface area contributed by atoms with Gasteiger partial charge in [-0.3, -0.25) is 4.57 Å². The zero-order valence-electron chi connectivity index (χ0n) is 38.2. The second-order valence-corrected chi connectivity index (χ2v) is 19.6. The highest BCUT2D eigenvalue weighted by molar-refractivity contribution is 6.08. The number of aromatic hydroxyl groups is 1. The molecular formula is C60H55N3O. The van der Waals surface area contributed by atoms with Crippen molar-refractivity contribution in [2.24, 2.45) is 0 Å². The molecule has 316 valence electrons. The number of phenolic OH excluding ortho intramolecular Hbond substituents is 1. The molecule has 0 aliphatic heterocycles.